The Labute approximate surface area is 139 Å². The summed E-state index contributed by atoms with van der Waals surface area (Å²) in [5.41, 5.74) is 0.996. The van der Waals surface area contributed by atoms with E-state index in [0.29, 0.717) is 11.1 Å². The molecule has 0 radical (unpaired) electrons. The Morgan fingerprint density at radius 3 is 2.33 bits per heavy atom. The van der Waals surface area contributed by atoms with Gasteiger partial charge < -0.3 is 5.11 Å². The van der Waals surface area contributed by atoms with Gasteiger partial charge in [-0.2, -0.15) is 9.57 Å². The zero-order valence-electron chi connectivity index (χ0n) is 12.6. The highest BCUT2D eigenvalue weighted by atomic mass is 32.2. The van der Waals surface area contributed by atoms with Crippen molar-refractivity contribution in [3.8, 4) is 6.07 Å². The second-order valence-corrected chi connectivity index (χ2v) is 7.56. The third kappa shape index (κ3) is 3.04. The number of sulfonamides is 1. The number of hydrogen-bond donors (Lipinski definition) is 1. The molecule has 124 valence electrons. The maximum atomic E-state index is 13.1. The van der Waals surface area contributed by atoms with Gasteiger partial charge in [0.1, 0.15) is 5.82 Å². The van der Waals surface area contributed by atoms with Gasteiger partial charge >= 0.3 is 0 Å². The van der Waals surface area contributed by atoms with E-state index in [4.69, 9.17) is 5.26 Å². The summed E-state index contributed by atoms with van der Waals surface area (Å²) in [5.74, 6) is -0.404. The molecule has 1 saturated heterocycles. The average molecular weight is 346 g/mol. The highest BCUT2D eigenvalue weighted by Gasteiger charge is 2.40. The zero-order valence-corrected chi connectivity index (χ0v) is 13.4. The van der Waals surface area contributed by atoms with Crippen molar-refractivity contribution in [2.45, 2.75) is 23.5 Å². The van der Waals surface area contributed by atoms with Crippen LogP contribution in [0.3, 0.4) is 0 Å². The van der Waals surface area contributed by atoms with E-state index in [1.54, 1.807) is 0 Å². The predicted octanol–water partition coefficient (Wildman–Crippen LogP) is 2.19. The summed E-state index contributed by atoms with van der Waals surface area (Å²) in [6, 6.07) is 12.6. The first kappa shape index (κ1) is 16.6. The van der Waals surface area contributed by atoms with Crippen molar-refractivity contribution in [3.05, 3.63) is 65.5 Å². The van der Waals surface area contributed by atoms with E-state index in [1.807, 2.05) is 6.07 Å². The smallest absolute Gasteiger partial charge is 0.243 e. The van der Waals surface area contributed by atoms with Crippen molar-refractivity contribution in [1.29, 1.82) is 5.26 Å². The number of halogens is 1. The average Bonchev–Trinajstić information content (AvgIpc) is 2.98. The van der Waals surface area contributed by atoms with Gasteiger partial charge in [-0.3, -0.25) is 0 Å². The molecule has 2 atom stereocenters. The number of nitriles is 1. The predicted molar refractivity (Wildman–Crippen MR) is 84.8 cm³/mol. The van der Waals surface area contributed by atoms with E-state index in [0.717, 1.165) is 0 Å². The molecule has 0 aromatic heterocycles. The maximum Gasteiger partial charge on any atom is 0.243 e. The van der Waals surface area contributed by atoms with Gasteiger partial charge in [0.05, 0.1) is 28.7 Å². The minimum atomic E-state index is -3.83. The van der Waals surface area contributed by atoms with E-state index in [9.17, 15) is 17.9 Å². The summed E-state index contributed by atoms with van der Waals surface area (Å²) in [4.78, 5) is 0.0581. The Morgan fingerprint density at radius 2 is 1.75 bits per heavy atom. The van der Waals surface area contributed by atoms with Crippen LogP contribution in [-0.4, -0.2) is 30.5 Å². The first-order valence-electron chi connectivity index (χ1n) is 7.37. The van der Waals surface area contributed by atoms with Crippen LogP contribution in [0.1, 0.15) is 23.6 Å². The lowest BCUT2D eigenvalue weighted by Gasteiger charge is -2.24. The van der Waals surface area contributed by atoms with Crippen LogP contribution >= 0.6 is 0 Å². The molecule has 0 amide bonds. The SMILES string of the molecule is N#Cc1ccc(S(=O)(=O)N2C[C@H](O)C[C@@H]2c2ccc(F)cc2)cc1. The number of aliphatic hydroxyl groups excluding tert-OH is 1. The third-order valence-electron chi connectivity index (χ3n) is 4.08. The zero-order chi connectivity index (χ0) is 17.3. The van der Waals surface area contributed by atoms with Crippen LogP contribution in [0.15, 0.2) is 53.4 Å². The van der Waals surface area contributed by atoms with Crippen LogP contribution < -0.4 is 0 Å². The van der Waals surface area contributed by atoms with Crippen LogP contribution in [0.2, 0.25) is 0 Å². The molecule has 0 unspecified atom stereocenters. The quantitative estimate of drug-likeness (QED) is 0.924. The van der Waals surface area contributed by atoms with Crippen LogP contribution in [0.5, 0.6) is 0 Å². The molecule has 1 aliphatic heterocycles. The minimum Gasteiger partial charge on any atom is -0.392 e. The fourth-order valence-electron chi connectivity index (χ4n) is 2.87. The summed E-state index contributed by atoms with van der Waals surface area (Å²) >= 11 is 0. The van der Waals surface area contributed by atoms with Gasteiger partial charge in [0.25, 0.3) is 0 Å². The number of benzene rings is 2. The summed E-state index contributed by atoms with van der Waals surface area (Å²) in [7, 11) is -3.83. The molecule has 3 rings (SSSR count). The van der Waals surface area contributed by atoms with Gasteiger partial charge in [0.2, 0.25) is 10.0 Å². The maximum absolute atomic E-state index is 13.1. The third-order valence-corrected chi connectivity index (χ3v) is 5.97. The van der Waals surface area contributed by atoms with Crippen molar-refractivity contribution in [2.75, 3.05) is 6.54 Å². The standard InChI is InChI=1S/C17H15FN2O3S/c18-14-5-3-13(4-6-14)17-9-15(21)11-20(17)24(22,23)16-7-1-12(10-19)2-8-16/h1-8,15,17,21H,9,11H2/t15-,17-/m1/s1. The molecule has 0 saturated carbocycles. The van der Waals surface area contributed by atoms with Crippen LogP contribution in [0, 0.1) is 17.1 Å². The number of nitrogens with zero attached hydrogens (tertiary/aromatic N) is 2. The summed E-state index contributed by atoms with van der Waals surface area (Å²) in [6.07, 6.45) is -0.533. The van der Waals surface area contributed by atoms with Crippen LogP contribution in [0.4, 0.5) is 4.39 Å². The van der Waals surface area contributed by atoms with Crippen molar-refractivity contribution in [2.24, 2.45) is 0 Å². The molecule has 1 aliphatic rings. The normalized spacial score (nSPS) is 21.5. The van der Waals surface area contributed by atoms with E-state index in [2.05, 4.69) is 0 Å². The number of rotatable bonds is 3. The summed E-state index contributed by atoms with van der Waals surface area (Å²) in [5, 5.41) is 18.8. The highest BCUT2D eigenvalue weighted by molar-refractivity contribution is 7.89. The Kier molecular flexibility index (Phi) is 4.37. The molecule has 1 N–H and O–H groups in total. The molecule has 1 heterocycles. The first-order valence-corrected chi connectivity index (χ1v) is 8.81. The van der Waals surface area contributed by atoms with Gasteiger partial charge in [-0.15, -0.1) is 0 Å². The molecular formula is C17H15FN2O3S. The van der Waals surface area contributed by atoms with E-state index >= 15 is 0 Å². The molecule has 5 nitrogen and oxygen atoms in total. The summed E-state index contributed by atoms with van der Waals surface area (Å²) < 4.78 is 40.1. The fraction of sp³-hybridized carbons (Fsp3) is 0.235. The number of hydrogen-bond acceptors (Lipinski definition) is 4. The van der Waals surface area contributed by atoms with Crippen LogP contribution in [0.25, 0.3) is 0 Å². The minimum absolute atomic E-state index is 0.0234. The molecule has 7 heteroatoms. The van der Waals surface area contributed by atoms with Gasteiger partial charge in [-0.25, -0.2) is 12.8 Å². The largest absolute Gasteiger partial charge is 0.392 e. The molecule has 0 spiro atoms. The molecule has 0 aliphatic carbocycles. The summed E-state index contributed by atoms with van der Waals surface area (Å²) in [6.45, 7) is -0.0234. The van der Waals surface area contributed by atoms with E-state index in [1.165, 1.54) is 52.8 Å². The van der Waals surface area contributed by atoms with Crippen LogP contribution in [-0.2, 0) is 10.0 Å². The Balaban J connectivity index is 1.98. The second-order valence-electron chi connectivity index (χ2n) is 5.67. The number of β-amino-alcohol motifs (C(OH)–C–C–N with tert-alkyl or cyclic N) is 1. The van der Waals surface area contributed by atoms with Gasteiger partial charge in [-0.05, 0) is 48.4 Å². The number of aliphatic hydroxyl groups is 1. The highest BCUT2D eigenvalue weighted by Crippen LogP contribution is 2.36. The Bertz CT molecular complexity index is 874. The lowest BCUT2D eigenvalue weighted by Crippen LogP contribution is -2.31. The monoisotopic (exact) mass is 346 g/mol. The van der Waals surface area contributed by atoms with Gasteiger partial charge in [0.15, 0.2) is 0 Å². The van der Waals surface area contributed by atoms with Gasteiger partial charge in [0, 0.05) is 6.54 Å². The van der Waals surface area contributed by atoms with Crippen molar-refractivity contribution in [1.82, 2.24) is 4.31 Å². The second kappa shape index (κ2) is 6.32. The van der Waals surface area contributed by atoms with E-state index < -0.39 is 28.0 Å². The van der Waals surface area contributed by atoms with E-state index in [-0.39, 0.29) is 17.9 Å². The molecular weight excluding hydrogens is 331 g/mol. The first-order chi connectivity index (χ1) is 11.4. The Morgan fingerprint density at radius 1 is 1.12 bits per heavy atom. The van der Waals surface area contributed by atoms with Crippen molar-refractivity contribution in [3.63, 3.8) is 0 Å². The van der Waals surface area contributed by atoms with Crippen molar-refractivity contribution < 1.29 is 17.9 Å². The van der Waals surface area contributed by atoms with Crippen molar-refractivity contribution >= 4 is 10.0 Å². The molecule has 0 bridgehead atoms. The lowest BCUT2D eigenvalue weighted by atomic mass is 10.0. The Hall–Kier alpha value is -2.27. The molecule has 2 aromatic carbocycles. The topological polar surface area (TPSA) is 81.4 Å². The molecule has 2 aromatic rings. The molecule has 1 fully saturated rings. The lowest BCUT2D eigenvalue weighted by molar-refractivity contribution is 0.188. The molecule has 24 heavy (non-hydrogen) atoms. The fourth-order valence-corrected chi connectivity index (χ4v) is 4.54. The van der Waals surface area contributed by atoms with Gasteiger partial charge in [-0.1, -0.05) is 12.1 Å².